The number of hydrogen-bond donors (Lipinski definition) is 0. The average molecular weight is 268 g/mol. The molecule has 108 valence electrons. The number of rotatable bonds is 8. The summed E-state index contributed by atoms with van der Waals surface area (Å²) in [6, 6.07) is 0. The zero-order valence-corrected chi connectivity index (χ0v) is 12.0. The highest BCUT2D eigenvalue weighted by Crippen LogP contribution is 2.26. The van der Waals surface area contributed by atoms with E-state index in [0.717, 1.165) is 37.0 Å². The number of allylic oxidation sites excluding steroid dienone is 2. The third-order valence-electron chi connectivity index (χ3n) is 3.09. The molecule has 1 rings (SSSR count). The predicted molar refractivity (Wildman–Crippen MR) is 72.6 cm³/mol. The van der Waals surface area contributed by atoms with Crippen LogP contribution in [0.5, 0.6) is 0 Å². The lowest BCUT2D eigenvalue weighted by Crippen LogP contribution is -2.14. The molecule has 4 nitrogen and oxygen atoms in total. The maximum atomic E-state index is 11.8. The minimum Gasteiger partial charge on any atom is -0.498 e. The van der Waals surface area contributed by atoms with Crippen LogP contribution in [-0.4, -0.2) is 25.0 Å². The molecule has 0 saturated heterocycles. The van der Waals surface area contributed by atoms with E-state index in [9.17, 15) is 9.59 Å². The van der Waals surface area contributed by atoms with Gasteiger partial charge in [0.05, 0.1) is 13.2 Å². The number of carbonyl (C=O) groups excluding carboxylic acids is 2. The lowest BCUT2D eigenvalue weighted by Gasteiger charge is -2.19. The summed E-state index contributed by atoms with van der Waals surface area (Å²) >= 11 is 0. The van der Waals surface area contributed by atoms with Crippen molar-refractivity contribution in [3.63, 3.8) is 0 Å². The van der Waals surface area contributed by atoms with Gasteiger partial charge in [-0.15, -0.1) is 0 Å². The van der Waals surface area contributed by atoms with E-state index in [-0.39, 0.29) is 11.8 Å². The second-order valence-electron chi connectivity index (χ2n) is 4.69. The van der Waals surface area contributed by atoms with E-state index in [1.54, 1.807) is 6.92 Å². The molecular formula is C15H24O4. The Bertz CT molecular complexity index is 344. The van der Waals surface area contributed by atoms with Gasteiger partial charge in [-0.25, -0.2) is 0 Å². The summed E-state index contributed by atoms with van der Waals surface area (Å²) in [6.45, 7) is 4.76. The third-order valence-corrected chi connectivity index (χ3v) is 3.09. The molecule has 0 bridgehead atoms. The fourth-order valence-corrected chi connectivity index (χ4v) is 2.20. The Hall–Kier alpha value is -1.32. The van der Waals surface area contributed by atoms with Crippen LogP contribution in [0.15, 0.2) is 11.3 Å². The van der Waals surface area contributed by atoms with Crippen LogP contribution in [0, 0.1) is 0 Å². The largest absolute Gasteiger partial charge is 0.498 e. The third kappa shape index (κ3) is 5.45. The van der Waals surface area contributed by atoms with Crippen LogP contribution in [0.2, 0.25) is 0 Å². The average Bonchev–Trinajstić information content (AvgIpc) is 2.38. The van der Waals surface area contributed by atoms with Gasteiger partial charge in [0.2, 0.25) is 0 Å². The van der Waals surface area contributed by atoms with E-state index in [2.05, 4.69) is 6.92 Å². The molecule has 0 aromatic heterocycles. The van der Waals surface area contributed by atoms with Gasteiger partial charge in [-0.3, -0.25) is 9.59 Å². The normalized spacial score (nSPS) is 15.6. The maximum absolute atomic E-state index is 11.8. The van der Waals surface area contributed by atoms with Crippen molar-refractivity contribution in [2.24, 2.45) is 0 Å². The highest BCUT2D eigenvalue weighted by atomic mass is 16.5. The predicted octanol–water partition coefficient (Wildman–Crippen LogP) is 3.15. The molecule has 0 aliphatic heterocycles. The number of hydrogen-bond acceptors (Lipinski definition) is 4. The molecule has 0 N–H and O–H groups in total. The quantitative estimate of drug-likeness (QED) is 0.501. The van der Waals surface area contributed by atoms with Crippen LogP contribution in [-0.2, 0) is 19.1 Å². The molecule has 0 saturated carbocycles. The van der Waals surface area contributed by atoms with Crippen molar-refractivity contribution in [2.45, 2.75) is 58.8 Å². The molecule has 0 fully saturated rings. The van der Waals surface area contributed by atoms with Crippen molar-refractivity contribution in [3.8, 4) is 0 Å². The lowest BCUT2D eigenvalue weighted by molar-refractivity contribution is -0.143. The Labute approximate surface area is 115 Å². The number of Topliss-reactive ketones (excluding diaryl/α,β-unsaturated/α-hetero) is 1. The minimum atomic E-state index is -0.186. The zero-order chi connectivity index (χ0) is 14.1. The van der Waals surface area contributed by atoms with E-state index in [1.165, 1.54) is 0 Å². The van der Waals surface area contributed by atoms with Gasteiger partial charge in [0.25, 0.3) is 0 Å². The molecule has 0 atom stereocenters. The molecule has 1 aliphatic rings. The van der Waals surface area contributed by atoms with Gasteiger partial charge in [0, 0.05) is 24.8 Å². The van der Waals surface area contributed by atoms with Crippen molar-refractivity contribution in [1.29, 1.82) is 0 Å². The topological polar surface area (TPSA) is 52.6 Å². The first-order valence-electron chi connectivity index (χ1n) is 7.22. The molecule has 0 spiro atoms. The second kappa shape index (κ2) is 8.73. The van der Waals surface area contributed by atoms with Crippen LogP contribution in [0.4, 0.5) is 0 Å². The number of esters is 1. The second-order valence-corrected chi connectivity index (χ2v) is 4.69. The van der Waals surface area contributed by atoms with Gasteiger partial charge < -0.3 is 9.47 Å². The van der Waals surface area contributed by atoms with Crippen LogP contribution in [0.3, 0.4) is 0 Å². The number of carbonyl (C=O) groups is 2. The Morgan fingerprint density at radius 1 is 1.26 bits per heavy atom. The summed E-state index contributed by atoms with van der Waals surface area (Å²) in [4.78, 5) is 23.0. The smallest absolute Gasteiger partial charge is 0.305 e. The molecule has 0 amide bonds. The van der Waals surface area contributed by atoms with E-state index in [0.29, 0.717) is 32.5 Å². The van der Waals surface area contributed by atoms with E-state index in [1.807, 2.05) is 0 Å². The molecule has 4 heteroatoms. The first-order valence-corrected chi connectivity index (χ1v) is 7.22. The van der Waals surface area contributed by atoms with Gasteiger partial charge in [0.1, 0.15) is 5.76 Å². The van der Waals surface area contributed by atoms with Crippen molar-refractivity contribution < 1.29 is 19.1 Å². The molecule has 0 aromatic carbocycles. The molecule has 0 radical (unpaired) electrons. The summed E-state index contributed by atoms with van der Waals surface area (Å²) in [5, 5.41) is 0. The van der Waals surface area contributed by atoms with E-state index < -0.39 is 0 Å². The van der Waals surface area contributed by atoms with E-state index >= 15 is 0 Å². The molecule has 0 heterocycles. The fourth-order valence-electron chi connectivity index (χ4n) is 2.20. The molecule has 0 aromatic rings. The molecule has 0 unspecified atom stereocenters. The van der Waals surface area contributed by atoms with Crippen molar-refractivity contribution in [3.05, 3.63) is 11.3 Å². The van der Waals surface area contributed by atoms with Crippen LogP contribution < -0.4 is 0 Å². The molecule has 19 heavy (non-hydrogen) atoms. The summed E-state index contributed by atoms with van der Waals surface area (Å²) in [5.41, 5.74) is 0.866. The van der Waals surface area contributed by atoms with Gasteiger partial charge >= 0.3 is 5.97 Å². The fraction of sp³-hybridized carbons (Fsp3) is 0.733. The highest BCUT2D eigenvalue weighted by molar-refractivity contribution is 5.96. The van der Waals surface area contributed by atoms with Crippen molar-refractivity contribution in [1.82, 2.24) is 0 Å². The summed E-state index contributed by atoms with van der Waals surface area (Å²) < 4.78 is 10.5. The SMILES string of the molecule is CCCC1=C(OCCCC(=O)OCC)CCCC1=O. The first-order chi connectivity index (χ1) is 9.19. The number of ether oxygens (including phenoxy) is 2. The Kier molecular flexibility index (Phi) is 7.23. The highest BCUT2D eigenvalue weighted by Gasteiger charge is 2.20. The van der Waals surface area contributed by atoms with Gasteiger partial charge in [-0.05, 0) is 26.2 Å². The number of ketones is 1. The Balaban J connectivity index is 2.39. The van der Waals surface area contributed by atoms with Crippen LogP contribution in [0.1, 0.15) is 58.8 Å². The van der Waals surface area contributed by atoms with Crippen LogP contribution >= 0.6 is 0 Å². The van der Waals surface area contributed by atoms with Gasteiger partial charge in [0.15, 0.2) is 5.78 Å². The zero-order valence-electron chi connectivity index (χ0n) is 12.0. The van der Waals surface area contributed by atoms with Crippen LogP contribution in [0.25, 0.3) is 0 Å². The van der Waals surface area contributed by atoms with Gasteiger partial charge in [-0.1, -0.05) is 13.3 Å². The summed E-state index contributed by atoms with van der Waals surface area (Å²) in [5.74, 6) is 0.893. The summed E-state index contributed by atoms with van der Waals surface area (Å²) in [6.07, 6.45) is 5.13. The molecule has 1 aliphatic carbocycles. The monoisotopic (exact) mass is 268 g/mol. The summed E-state index contributed by atoms with van der Waals surface area (Å²) in [7, 11) is 0. The van der Waals surface area contributed by atoms with Crippen molar-refractivity contribution in [2.75, 3.05) is 13.2 Å². The maximum Gasteiger partial charge on any atom is 0.305 e. The minimum absolute atomic E-state index is 0.186. The Morgan fingerprint density at radius 3 is 2.74 bits per heavy atom. The van der Waals surface area contributed by atoms with Gasteiger partial charge in [-0.2, -0.15) is 0 Å². The molecular weight excluding hydrogens is 244 g/mol. The standard InChI is InChI=1S/C15H24O4/c1-3-7-12-13(16)8-5-9-14(12)19-11-6-10-15(17)18-4-2/h3-11H2,1-2H3. The van der Waals surface area contributed by atoms with Crippen molar-refractivity contribution >= 4 is 11.8 Å². The lowest BCUT2D eigenvalue weighted by atomic mass is 9.93. The Morgan fingerprint density at radius 2 is 2.05 bits per heavy atom. The van der Waals surface area contributed by atoms with E-state index in [4.69, 9.17) is 9.47 Å². The first kappa shape index (κ1) is 15.7.